The van der Waals surface area contributed by atoms with Gasteiger partial charge in [0.1, 0.15) is 17.7 Å². The van der Waals surface area contributed by atoms with Crippen LogP contribution in [-0.2, 0) is 16.6 Å². The van der Waals surface area contributed by atoms with Crippen LogP contribution in [0.3, 0.4) is 0 Å². The van der Waals surface area contributed by atoms with Gasteiger partial charge in [0.2, 0.25) is 0 Å². The minimum absolute atomic E-state index is 0.0106. The second-order valence-corrected chi connectivity index (χ2v) is 9.41. The third-order valence-electron chi connectivity index (χ3n) is 5.05. The molecule has 0 aliphatic rings. The van der Waals surface area contributed by atoms with Gasteiger partial charge in [0.05, 0.1) is 22.7 Å². The minimum Gasteiger partial charge on any atom is -0.465 e. The molecule has 0 aliphatic carbocycles. The molecule has 0 aliphatic heterocycles. The van der Waals surface area contributed by atoms with Crippen molar-refractivity contribution in [2.24, 2.45) is 0 Å². The van der Waals surface area contributed by atoms with E-state index in [0.717, 1.165) is 22.0 Å². The summed E-state index contributed by atoms with van der Waals surface area (Å²) in [6, 6.07) is 9.49. The number of oxazole rings is 1. The van der Waals surface area contributed by atoms with Gasteiger partial charge in [0.15, 0.2) is 6.39 Å². The Bertz CT molecular complexity index is 1540. The summed E-state index contributed by atoms with van der Waals surface area (Å²) >= 11 is 0. The molecule has 1 amide bonds. The quantitative estimate of drug-likeness (QED) is 0.350. The van der Waals surface area contributed by atoms with Crippen molar-refractivity contribution in [2.75, 3.05) is 0 Å². The number of nitrogens with one attached hydrogen (secondary N) is 1. The molecule has 0 fully saturated rings. The molecule has 9 nitrogen and oxygen atoms in total. The molecule has 0 saturated carbocycles. The number of halogens is 3. The number of carboxylic acid groups (broad SMARTS) is 1. The van der Waals surface area contributed by atoms with Gasteiger partial charge in [0, 0.05) is 10.9 Å². The monoisotopic (exact) mass is 521 g/mol. The van der Waals surface area contributed by atoms with Crippen LogP contribution in [0.25, 0.3) is 23.1 Å². The molecule has 0 bridgehead atoms. The Kier molecular flexibility index (Phi) is 6.50. The first-order valence-electron chi connectivity index (χ1n) is 10.2. The molecule has 2 N–H and O–H groups in total. The van der Waals surface area contributed by atoms with Gasteiger partial charge in [-0.05, 0) is 49.4 Å². The summed E-state index contributed by atoms with van der Waals surface area (Å²) in [5.74, 6) is -0.586. The standard InChI is InChI=1S/C23H18F3N3O6S/c1-14-2-6-19(7-3-14)36(32,33)29-18(11-27-22(30)31)8-16-10-21(35-23(24,25)26)15(9-20(16)29)4-5-17-12-34-13-28-17/h2-10,12-13,27H,11H2,1H3,(H,30,31). The van der Waals surface area contributed by atoms with E-state index in [9.17, 15) is 26.4 Å². The van der Waals surface area contributed by atoms with E-state index in [2.05, 4.69) is 15.0 Å². The number of aromatic nitrogens is 2. The summed E-state index contributed by atoms with van der Waals surface area (Å²) in [4.78, 5) is 14.9. The molecule has 2 heterocycles. The molecular weight excluding hydrogens is 503 g/mol. The first-order valence-corrected chi connectivity index (χ1v) is 11.7. The predicted octanol–water partition coefficient (Wildman–Crippen LogP) is 5.01. The summed E-state index contributed by atoms with van der Waals surface area (Å²) in [6.45, 7) is 1.36. The number of aryl methyl sites for hydroxylation is 1. The molecule has 4 rings (SSSR count). The van der Waals surface area contributed by atoms with Crippen LogP contribution >= 0.6 is 0 Å². The van der Waals surface area contributed by atoms with E-state index < -0.39 is 34.8 Å². The van der Waals surface area contributed by atoms with Crippen molar-refractivity contribution < 1.29 is 40.6 Å². The van der Waals surface area contributed by atoms with Gasteiger partial charge < -0.3 is 19.6 Å². The van der Waals surface area contributed by atoms with Crippen LogP contribution < -0.4 is 10.1 Å². The van der Waals surface area contributed by atoms with E-state index in [4.69, 9.17) is 9.52 Å². The molecule has 0 atom stereocenters. The number of alkyl halides is 3. The Hall–Kier alpha value is -4.26. The number of carbonyl (C=O) groups is 1. The lowest BCUT2D eigenvalue weighted by molar-refractivity contribution is -0.274. The van der Waals surface area contributed by atoms with E-state index in [0.29, 0.717) is 5.69 Å². The SMILES string of the molecule is Cc1ccc(S(=O)(=O)n2c(CNC(=O)O)cc3cc(OC(F)(F)F)c(C=Cc4cocn4)cc32)cc1. The highest BCUT2D eigenvalue weighted by Gasteiger charge is 2.33. The number of benzene rings is 2. The second-order valence-electron chi connectivity index (χ2n) is 7.62. The van der Waals surface area contributed by atoms with Crippen molar-refractivity contribution in [3.05, 3.63) is 77.6 Å². The van der Waals surface area contributed by atoms with Gasteiger partial charge in [-0.1, -0.05) is 17.7 Å². The first-order chi connectivity index (χ1) is 16.9. The Morgan fingerprint density at radius 1 is 1.19 bits per heavy atom. The molecule has 0 radical (unpaired) electrons. The van der Waals surface area contributed by atoms with Crippen LogP contribution in [0.5, 0.6) is 5.75 Å². The molecule has 0 unspecified atom stereocenters. The van der Waals surface area contributed by atoms with Crippen LogP contribution in [0.1, 0.15) is 22.5 Å². The predicted molar refractivity (Wildman–Crippen MR) is 123 cm³/mol. The van der Waals surface area contributed by atoms with E-state index in [1.807, 2.05) is 0 Å². The zero-order valence-corrected chi connectivity index (χ0v) is 19.3. The van der Waals surface area contributed by atoms with Crippen LogP contribution in [0.15, 0.2) is 64.4 Å². The number of fused-ring (bicyclic) bond motifs is 1. The normalized spacial score (nSPS) is 12.3. The summed E-state index contributed by atoms with van der Waals surface area (Å²) in [5, 5.41) is 11.2. The van der Waals surface area contributed by atoms with E-state index in [1.165, 1.54) is 42.7 Å². The largest absolute Gasteiger partial charge is 0.573 e. The lowest BCUT2D eigenvalue weighted by atomic mass is 10.1. The maximum absolute atomic E-state index is 13.6. The fraction of sp³-hybridized carbons (Fsp3) is 0.130. The maximum atomic E-state index is 13.6. The Morgan fingerprint density at radius 2 is 1.92 bits per heavy atom. The lowest BCUT2D eigenvalue weighted by Gasteiger charge is -2.14. The fourth-order valence-electron chi connectivity index (χ4n) is 3.50. The van der Waals surface area contributed by atoms with E-state index in [1.54, 1.807) is 19.1 Å². The lowest BCUT2D eigenvalue weighted by Crippen LogP contribution is -2.24. The molecule has 2 aromatic carbocycles. The maximum Gasteiger partial charge on any atom is 0.573 e. The number of nitrogens with zero attached hydrogens (tertiary/aromatic N) is 2. The molecular formula is C23H18F3N3O6S. The smallest absolute Gasteiger partial charge is 0.465 e. The summed E-state index contributed by atoms with van der Waals surface area (Å²) in [6.07, 6.45) is -1.39. The highest BCUT2D eigenvalue weighted by atomic mass is 32.2. The van der Waals surface area contributed by atoms with Crippen molar-refractivity contribution in [1.29, 1.82) is 0 Å². The second kappa shape index (κ2) is 9.41. The topological polar surface area (TPSA) is 124 Å². The zero-order valence-electron chi connectivity index (χ0n) is 18.5. The van der Waals surface area contributed by atoms with Crippen molar-refractivity contribution in [2.45, 2.75) is 24.7 Å². The molecule has 13 heteroatoms. The van der Waals surface area contributed by atoms with Gasteiger partial charge in [-0.25, -0.2) is 22.2 Å². The van der Waals surface area contributed by atoms with Gasteiger partial charge in [-0.15, -0.1) is 13.2 Å². The third-order valence-corrected chi connectivity index (χ3v) is 6.83. The molecule has 0 spiro atoms. The average molecular weight is 521 g/mol. The van der Waals surface area contributed by atoms with Gasteiger partial charge in [-0.3, -0.25) is 0 Å². The minimum atomic E-state index is -5.02. The van der Waals surface area contributed by atoms with Gasteiger partial charge >= 0.3 is 12.5 Å². The number of hydrogen-bond donors (Lipinski definition) is 2. The van der Waals surface area contributed by atoms with Gasteiger partial charge in [-0.2, -0.15) is 0 Å². The number of ether oxygens (including phenoxy) is 1. The van der Waals surface area contributed by atoms with Crippen molar-refractivity contribution >= 4 is 39.2 Å². The molecule has 0 saturated heterocycles. The molecule has 4 aromatic rings. The summed E-state index contributed by atoms with van der Waals surface area (Å²) in [7, 11) is -4.27. The summed E-state index contributed by atoms with van der Waals surface area (Å²) in [5.41, 5.74) is 1.03. The van der Waals surface area contributed by atoms with Crippen molar-refractivity contribution in [1.82, 2.24) is 14.3 Å². The van der Waals surface area contributed by atoms with E-state index in [-0.39, 0.29) is 27.1 Å². The van der Waals surface area contributed by atoms with Crippen LogP contribution in [-0.4, -0.2) is 34.9 Å². The Labute approximate surface area is 202 Å². The van der Waals surface area contributed by atoms with Crippen LogP contribution in [0.2, 0.25) is 0 Å². The third kappa shape index (κ3) is 5.35. The number of amides is 1. The van der Waals surface area contributed by atoms with Gasteiger partial charge in [0.25, 0.3) is 10.0 Å². The van der Waals surface area contributed by atoms with Crippen molar-refractivity contribution in [3.63, 3.8) is 0 Å². The molecule has 2 aromatic heterocycles. The average Bonchev–Trinajstić information content (AvgIpc) is 3.43. The fourth-order valence-corrected chi connectivity index (χ4v) is 5.03. The highest BCUT2D eigenvalue weighted by Crippen LogP contribution is 2.35. The molecule has 188 valence electrons. The first kappa shape index (κ1) is 24.9. The Morgan fingerprint density at radius 3 is 2.53 bits per heavy atom. The summed E-state index contributed by atoms with van der Waals surface area (Å²) < 4.78 is 76.5. The highest BCUT2D eigenvalue weighted by molar-refractivity contribution is 7.90. The molecule has 36 heavy (non-hydrogen) atoms. The Balaban J connectivity index is 1.96. The van der Waals surface area contributed by atoms with E-state index >= 15 is 0 Å². The van der Waals surface area contributed by atoms with Crippen LogP contribution in [0, 0.1) is 6.92 Å². The number of hydrogen-bond acceptors (Lipinski definition) is 6. The van der Waals surface area contributed by atoms with Crippen molar-refractivity contribution in [3.8, 4) is 5.75 Å². The number of rotatable bonds is 7. The van der Waals surface area contributed by atoms with Crippen LogP contribution in [0.4, 0.5) is 18.0 Å². The zero-order chi connectivity index (χ0) is 26.1.